The molecule has 1 rings (SSSR count). The van der Waals surface area contributed by atoms with Gasteiger partial charge < -0.3 is 10.5 Å². The fourth-order valence-corrected chi connectivity index (χ4v) is 1.27. The molecular formula is C9H15N3O2. The second kappa shape index (κ2) is 4.76. The number of ketones is 1. The van der Waals surface area contributed by atoms with Crippen LogP contribution < -0.4 is 10.5 Å². The number of hydrogen-bond donors (Lipinski definition) is 1. The lowest BCUT2D eigenvalue weighted by Gasteiger charge is -2.03. The minimum Gasteiger partial charge on any atom is -0.493 e. The summed E-state index contributed by atoms with van der Waals surface area (Å²) in [5.74, 6) is 0.543. The average Bonchev–Trinajstić information content (AvgIpc) is 2.56. The van der Waals surface area contributed by atoms with E-state index in [4.69, 9.17) is 10.5 Å². The van der Waals surface area contributed by atoms with E-state index in [9.17, 15) is 4.79 Å². The van der Waals surface area contributed by atoms with Gasteiger partial charge in [-0.25, -0.2) is 0 Å². The molecule has 0 spiro atoms. The first-order chi connectivity index (χ1) is 6.70. The highest BCUT2D eigenvalue weighted by Gasteiger charge is 2.16. The largest absolute Gasteiger partial charge is 0.493 e. The van der Waals surface area contributed by atoms with E-state index in [1.54, 1.807) is 7.05 Å². The van der Waals surface area contributed by atoms with Crippen molar-refractivity contribution in [3.8, 4) is 5.75 Å². The van der Waals surface area contributed by atoms with Crippen LogP contribution in [0.4, 0.5) is 0 Å². The summed E-state index contributed by atoms with van der Waals surface area (Å²) in [6, 6.07) is 0. The van der Waals surface area contributed by atoms with Crippen LogP contribution in [0, 0.1) is 0 Å². The highest BCUT2D eigenvalue weighted by Crippen LogP contribution is 2.18. The van der Waals surface area contributed by atoms with Gasteiger partial charge in [-0.1, -0.05) is 0 Å². The standard InChI is InChI=1S/C9H15N3O2/c1-12-9(7(13)4-3-5-10)8(14-2)6-11-12/h6H,3-5,10H2,1-2H3. The summed E-state index contributed by atoms with van der Waals surface area (Å²) < 4.78 is 6.56. The van der Waals surface area contributed by atoms with Gasteiger partial charge in [0.05, 0.1) is 13.3 Å². The van der Waals surface area contributed by atoms with E-state index in [1.165, 1.54) is 18.0 Å². The summed E-state index contributed by atoms with van der Waals surface area (Å²) in [5, 5.41) is 3.96. The quantitative estimate of drug-likeness (QED) is 0.691. The van der Waals surface area contributed by atoms with Crippen LogP contribution in [0.2, 0.25) is 0 Å². The van der Waals surface area contributed by atoms with Gasteiger partial charge in [-0.05, 0) is 13.0 Å². The van der Waals surface area contributed by atoms with E-state index >= 15 is 0 Å². The Bertz CT molecular complexity index is 320. The van der Waals surface area contributed by atoms with E-state index in [-0.39, 0.29) is 5.78 Å². The fourth-order valence-electron chi connectivity index (χ4n) is 1.27. The predicted octanol–water partition coefficient (Wildman–Crippen LogP) is 0.350. The van der Waals surface area contributed by atoms with Gasteiger partial charge in [0.2, 0.25) is 0 Å². The Hall–Kier alpha value is -1.36. The van der Waals surface area contributed by atoms with Crippen molar-refractivity contribution in [3.63, 3.8) is 0 Å². The molecule has 0 radical (unpaired) electrons. The Labute approximate surface area is 82.8 Å². The highest BCUT2D eigenvalue weighted by molar-refractivity contribution is 5.96. The molecule has 1 aromatic rings. The number of carbonyl (C=O) groups is 1. The molecule has 0 saturated heterocycles. The van der Waals surface area contributed by atoms with E-state index in [2.05, 4.69) is 5.10 Å². The van der Waals surface area contributed by atoms with Gasteiger partial charge >= 0.3 is 0 Å². The van der Waals surface area contributed by atoms with E-state index in [0.717, 1.165) is 0 Å². The molecule has 0 saturated carbocycles. The van der Waals surface area contributed by atoms with E-state index in [0.29, 0.717) is 30.8 Å². The summed E-state index contributed by atoms with van der Waals surface area (Å²) in [6.07, 6.45) is 2.66. The average molecular weight is 197 g/mol. The summed E-state index contributed by atoms with van der Waals surface area (Å²) in [6.45, 7) is 0.520. The van der Waals surface area contributed by atoms with Gasteiger partial charge in [-0.2, -0.15) is 5.10 Å². The Morgan fingerprint density at radius 3 is 3.00 bits per heavy atom. The summed E-state index contributed by atoms with van der Waals surface area (Å²) in [7, 11) is 3.24. The van der Waals surface area contributed by atoms with Crippen molar-refractivity contribution in [2.75, 3.05) is 13.7 Å². The van der Waals surface area contributed by atoms with Crippen LogP contribution in [-0.4, -0.2) is 29.2 Å². The highest BCUT2D eigenvalue weighted by atomic mass is 16.5. The lowest BCUT2D eigenvalue weighted by atomic mass is 10.1. The third-order valence-electron chi connectivity index (χ3n) is 2.00. The van der Waals surface area contributed by atoms with Crippen LogP contribution in [0.25, 0.3) is 0 Å². The van der Waals surface area contributed by atoms with Crippen LogP contribution in [0.15, 0.2) is 6.20 Å². The Kier molecular flexibility index (Phi) is 3.64. The molecular weight excluding hydrogens is 182 g/mol. The molecule has 0 unspecified atom stereocenters. The lowest BCUT2D eigenvalue weighted by Crippen LogP contribution is -2.10. The van der Waals surface area contributed by atoms with E-state index in [1.807, 2.05) is 0 Å². The van der Waals surface area contributed by atoms with Crippen LogP contribution in [0.1, 0.15) is 23.3 Å². The van der Waals surface area contributed by atoms with Crippen LogP contribution in [0.5, 0.6) is 5.75 Å². The number of Topliss-reactive ketones (excluding diaryl/α,β-unsaturated/α-hetero) is 1. The molecule has 5 heteroatoms. The van der Waals surface area contributed by atoms with Crippen molar-refractivity contribution in [2.45, 2.75) is 12.8 Å². The number of ether oxygens (including phenoxy) is 1. The molecule has 2 N–H and O–H groups in total. The smallest absolute Gasteiger partial charge is 0.184 e. The number of hydrogen-bond acceptors (Lipinski definition) is 4. The van der Waals surface area contributed by atoms with Gasteiger partial charge in [0, 0.05) is 13.5 Å². The molecule has 0 bridgehead atoms. The first-order valence-corrected chi connectivity index (χ1v) is 4.50. The number of carbonyl (C=O) groups excluding carboxylic acids is 1. The maximum atomic E-state index is 11.7. The third-order valence-corrected chi connectivity index (χ3v) is 2.00. The number of aromatic nitrogens is 2. The number of aryl methyl sites for hydroxylation is 1. The van der Waals surface area contributed by atoms with Crippen molar-refractivity contribution in [2.24, 2.45) is 12.8 Å². The lowest BCUT2D eigenvalue weighted by molar-refractivity contribution is 0.0968. The first kappa shape index (κ1) is 10.7. The molecule has 1 heterocycles. The molecule has 0 aromatic carbocycles. The second-order valence-corrected chi connectivity index (χ2v) is 3.00. The minimum absolute atomic E-state index is 0.0206. The fraction of sp³-hybridized carbons (Fsp3) is 0.556. The third kappa shape index (κ3) is 2.11. The van der Waals surface area contributed by atoms with Gasteiger partial charge in [0.15, 0.2) is 11.5 Å². The number of rotatable bonds is 5. The molecule has 0 fully saturated rings. The van der Waals surface area contributed by atoms with Gasteiger partial charge in [0.1, 0.15) is 5.69 Å². The van der Waals surface area contributed by atoms with Crippen molar-refractivity contribution < 1.29 is 9.53 Å². The Morgan fingerprint density at radius 1 is 1.71 bits per heavy atom. The van der Waals surface area contributed by atoms with E-state index < -0.39 is 0 Å². The molecule has 78 valence electrons. The number of methoxy groups -OCH3 is 1. The summed E-state index contributed by atoms with van der Waals surface area (Å²) in [4.78, 5) is 11.7. The second-order valence-electron chi connectivity index (χ2n) is 3.00. The predicted molar refractivity (Wildman–Crippen MR) is 52.4 cm³/mol. The normalized spacial score (nSPS) is 10.2. The molecule has 1 aromatic heterocycles. The molecule has 5 nitrogen and oxygen atoms in total. The van der Waals surface area contributed by atoms with Gasteiger partial charge in [-0.15, -0.1) is 0 Å². The first-order valence-electron chi connectivity index (χ1n) is 4.50. The molecule has 0 aliphatic carbocycles. The number of nitrogens with two attached hydrogens (primary N) is 1. The van der Waals surface area contributed by atoms with Crippen LogP contribution >= 0.6 is 0 Å². The monoisotopic (exact) mass is 197 g/mol. The Morgan fingerprint density at radius 2 is 2.43 bits per heavy atom. The molecule has 14 heavy (non-hydrogen) atoms. The molecule has 0 atom stereocenters. The zero-order valence-corrected chi connectivity index (χ0v) is 8.49. The van der Waals surface area contributed by atoms with Crippen LogP contribution in [0.3, 0.4) is 0 Å². The Balaban J connectivity index is 2.82. The topological polar surface area (TPSA) is 70.1 Å². The molecule has 0 amide bonds. The zero-order chi connectivity index (χ0) is 10.6. The SMILES string of the molecule is COc1cnn(C)c1C(=O)CCCN. The molecule has 0 aliphatic rings. The van der Waals surface area contributed by atoms with Gasteiger partial charge in [-0.3, -0.25) is 9.48 Å². The van der Waals surface area contributed by atoms with Crippen molar-refractivity contribution in [1.82, 2.24) is 9.78 Å². The summed E-state index contributed by atoms with van der Waals surface area (Å²) >= 11 is 0. The zero-order valence-electron chi connectivity index (χ0n) is 8.49. The summed E-state index contributed by atoms with van der Waals surface area (Å²) in [5.41, 5.74) is 5.85. The number of nitrogens with zero attached hydrogens (tertiary/aromatic N) is 2. The van der Waals surface area contributed by atoms with Crippen molar-refractivity contribution in [1.29, 1.82) is 0 Å². The maximum absolute atomic E-state index is 11.7. The maximum Gasteiger partial charge on any atom is 0.184 e. The van der Waals surface area contributed by atoms with Crippen LogP contribution in [-0.2, 0) is 7.05 Å². The minimum atomic E-state index is 0.0206. The van der Waals surface area contributed by atoms with Crippen molar-refractivity contribution >= 4 is 5.78 Å². The molecule has 0 aliphatic heterocycles. The van der Waals surface area contributed by atoms with Crippen molar-refractivity contribution in [3.05, 3.63) is 11.9 Å². The van der Waals surface area contributed by atoms with Gasteiger partial charge in [0.25, 0.3) is 0 Å².